The summed E-state index contributed by atoms with van der Waals surface area (Å²) in [6.07, 6.45) is 10.1. The fourth-order valence-electron chi connectivity index (χ4n) is 5.59. The minimum Gasteiger partial charge on any atom is -0.372 e. The number of hydrogen-bond donors (Lipinski definition) is 1. The van der Waals surface area contributed by atoms with Crippen molar-refractivity contribution in [2.24, 2.45) is 5.92 Å². The van der Waals surface area contributed by atoms with E-state index in [4.69, 9.17) is 0 Å². The molecule has 5 heteroatoms. The van der Waals surface area contributed by atoms with E-state index in [-0.39, 0.29) is 29.3 Å². The molecule has 2 aliphatic heterocycles. The molecule has 2 amide bonds. The quantitative estimate of drug-likeness (QED) is 0.719. The van der Waals surface area contributed by atoms with Crippen LogP contribution in [0.25, 0.3) is 0 Å². The Morgan fingerprint density at radius 3 is 2.57 bits per heavy atom. The van der Waals surface area contributed by atoms with Crippen LogP contribution < -0.4 is 10.2 Å². The van der Waals surface area contributed by atoms with E-state index in [9.17, 15) is 9.59 Å². The third-order valence-electron chi connectivity index (χ3n) is 7.35. The van der Waals surface area contributed by atoms with Gasteiger partial charge in [0, 0.05) is 36.8 Å². The summed E-state index contributed by atoms with van der Waals surface area (Å²) in [5.41, 5.74) is 1.71. The monoisotopic (exact) mass is 409 g/mol. The molecule has 2 heterocycles. The molecule has 5 nitrogen and oxygen atoms in total. The van der Waals surface area contributed by atoms with Crippen LogP contribution in [0.1, 0.15) is 68.6 Å². The molecule has 3 atom stereocenters. The van der Waals surface area contributed by atoms with E-state index in [2.05, 4.69) is 28.9 Å². The molecule has 0 spiro atoms. The Labute approximate surface area is 180 Å². The number of benzene rings is 1. The zero-order valence-corrected chi connectivity index (χ0v) is 18.2. The Kier molecular flexibility index (Phi) is 6.16. The number of amides is 2. The first-order chi connectivity index (χ1) is 14.5. The van der Waals surface area contributed by atoms with Gasteiger partial charge in [0.1, 0.15) is 0 Å². The van der Waals surface area contributed by atoms with Gasteiger partial charge in [-0.15, -0.1) is 6.58 Å². The summed E-state index contributed by atoms with van der Waals surface area (Å²) in [5, 5.41) is 3.34. The molecule has 1 aromatic rings. The fraction of sp³-hybridized carbons (Fsp3) is 0.600. The number of carbonyl (C=O) groups is 2. The van der Waals surface area contributed by atoms with Gasteiger partial charge in [-0.05, 0) is 75.6 Å². The van der Waals surface area contributed by atoms with Crippen molar-refractivity contribution < 1.29 is 9.59 Å². The highest BCUT2D eigenvalue weighted by atomic mass is 16.2. The number of allylic oxidation sites excluding steroid dienone is 1. The molecule has 2 saturated heterocycles. The van der Waals surface area contributed by atoms with Crippen LogP contribution in [-0.4, -0.2) is 47.9 Å². The highest BCUT2D eigenvalue weighted by molar-refractivity contribution is 5.95. The summed E-state index contributed by atoms with van der Waals surface area (Å²) in [6.45, 7) is 8.62. The van der Waals surface area contributed by atoms with Gasteiger partial charge in [-0.1, -0.05) is 13.0 Å². The molecular formula is C25H35N3O2. The number of fused-ring (bicyclic) bond motifs is 1. The van der Waals surface area contributed by atoms with Crippen LogP contribution in [0.4, 0.5) is 5.69 Å². The maximum absolute atomic E-state index is 13.3. The van der Waals surface area contributed by atoms with Crippen molar-refractivity contribution in [2.45, 2.75) is 69.9 Å². The normalized spacial score (nSPS) is 26.9. The lowest BCUT2D eigenvalue weighted by atomic mass is 9.91. The zero-order valence-electron chi connectivity index (χ0n) is 18.2. The number of carbonyl (C=O) groups excluding carboxylic acids is 2. The highest BCUT2D eigenvalue weighted by Gasteiger charge is 2.52. The number of likely N-dealkylation sites (tertiary alicyclic amines) is 1. The standard InChI is InChI=1S/C25H35N3O2/c1-3-8-19(2)23(29)26-25-14-7-9-22(25)28(18-15-25)24(30)20-10-12-21(13-11-20)27-16-5-4-6-17-27/h3,10-13,19,22H,1,4-9,14-18H2,2H3,(H,26,29)/t19?,22-,25-/m1/s1. The molecule has 3 aliphatic rings. The van der Waals surface area contributed by atoms with Gasteiger partial charge in [0.2, 0.25) is 5.91 Å². The lowest BCUT2D eigenvalue weighted by molar-refractivity contribution is -0.126. The number of hydrogen-bond acceptors (Lipinski definition) is 3. The number of nitrogens with one attached hydrogen (secondary N) is 1. The average molecular weight is 410 g/mol. The van der Waals surface area contributed by atoms with E-state index in [1.54, 1.807) is 6.08 Å². The molecule has 1 aliphatic carbocycles. The van der Waals surface area contributed by atoms with Crippen molar-refractivity contribution in [3.8, 4) is 0 Å². The van der Waals surface area contributed by atoms with Crippen LogP contribution in [0.3, 0.4) is 0 Å². The lowest BCUT2D eigenvalue weighted by Crippen LogP contribution is -2.55. The van der Waals surface area contributed by atoms with Gasteiger partial charge < -0.3 is 15.1 Å². The molecule has 0 radical (unpaired) electrons. The van der Waals surface area contributed by atoms with Crippen molar-refractivity contribution in [1.82, 2.24) is 10.2 Å². The maximum atomic E-state index is 13.3. The van der Waals surface area contributed by atoms with E-state index >= 15 is 0 Å². The maximum Gasteiger partial charge on any atom is 0.254 e. The van der Waals surface area contributed by atoms with Crippen LogP contribution in [0, 0.1) is 5.92 Å². The van der Waals surface area contributed by atoms with Gasteiger partial charge in [-0.3, -0.25) is 9.59 Å². The lowest BCUT2D eigenvalue weighted by Gasteiger charge is -2.34. The first-order valence-electron chi connectivity index (χ1n) is 11.6. The Hall–Kier alpha value is -2.30. The molecule has 0 aromatic heterocycles. The Morgan fingerprint density at radius 2 is 1.87 bits per heavy atom. The first kappa shape index (κ1) is 21.0. The number of nitrogens with zero attached hydrogens (tertiary/aromatic N) is 2. The zero-order chi connectivity index (χ0) is 21.1. The number of anilines is 1. The van der Waals surface area contributed by atoms with Crippen LogP contribution in [-0.2, 0) is 4.79 Å². The molecule has 0 bridgehead atoms. The summed E-state index contributed by atoms with van der Waals surface area (Å²) < 4.78 is 0. The van der Waals surface area contributed by atoms with E-state index in [0.717, 1.165) is 44.3 Å². The fourth-order valence-corrected chi connectivity index (χ4v) is 5.59. The van der Waals surface area contributed by atoms with E-state index in [0.29, 0.717) is 13.0 Å². The highest BCUT2D eigenvalue weighted by Crippen LogP contribution is 2.42. The van der Waals surface area contributed by atoms with Crippen LogP contribution in [0.2, 0.25) is 0 Å². The Morgan fingerprint density at radius 1 is 1.13 bits per heavy atom. The van der Waals surface area contributed by atoms with Crippen LogP contribution in [0.15, 0.2) is 36.9 Å². The van der Waals surface area contributed by atoms with Gasteiger partial charge in [0.25, 0.3) is 5.91 Å². The van der Waals surface area contributed by atoms with Gasteiger partial charge >= 0.3 is 0 Å². The molecule has 4 rings (SSSR count). The van der Waals surface area contributed by atoms with E-state index < -0.39 is 0 Å². The van der Waals surface area contributed by atoms with Crippen molar-refractivity contribution >= 4 is 17.5 Å². The van der Waals surface area contributed by atoms with Crippen molar-refractivity contribution in [3.63, 3.8) is 0 Å². The van der Waals surface area contributed by atoms with Gasteiger partial charge in [-0.2, -0.15) is 0 Å². The second-order valence-corrected chi connectivity index (χ2v) is 9.32. The predicted molar refractivity (Wildman–Crippen MR) is 121 cm³/mol. The van der Waals surface area contributed by atoms with E-state index in [1.165, 1.54) is 24.9 Å². The summed E-state index contributed by atoms with van der Waals surface area (Å²) in [6, 6.07) is 8.24. The summed E-state index contributed by atoms with van der Waals surface area (Å²) in [5.74, 6) is 0.106. The Balaban J connectivity index is 1.45. The minimum absolute atomic E-state index is 0.0785. The minimum atomic E-state index is -0.254. The molecule has 1 aromatic carbocycles. The second kappa shape index (κ2) is 8.83. The van der Waals surface area contributed by atoms with Crippen LogP contribution in [0.5, 0.6) is 0 Å². The molecule has 30 heavy (non-hydrogen) atoms. The SMILES string of the molecule is C=CCC(C)C(=O)N[C@@]12CCC[C@H]1N(C(=O)c1ccc(N3CCCCC3)cc1)CC2. The Bertz CT molecular complexity index is 784. The number of rotatable bonds is 6. The van der Waals surface area contributed by atoms with Gasteiger partial charge in [0.15, 0.2) is 0 Å². The van der Waals surface area contributed by atoms with Crippen molar-refractivity contribution in [1.29, 1.82) is 0 Å². The summed E-state index contributed by atoms with van der Waals surface area (Å²) in [7, 11) is 0. The van der Waals surface area contributed by atoms with Crippen molar-refractivity contribution in [2.75, 3.05) is 24.5 Å². The topological polar surface area (TPSA) is 52.7 Å². The molecule has 1 N–H and O–H groups in total. The summed E-state index contributed by atoms with van der Waals surface area (Å²) in [4.78, 5) is 30.4. The summed E-state index contributed by atoms with van der Waals surface area (Å²) >= 11 is 0. The third-order valence-corrected chi connectivity index (χ3v) is 7.35. The van der Waals surface area contributed by atoms with Crippen molar-refractivity contribution in [3.05, 3.63) is 42.5 Å². The molecule has 162 valence electrons. The van der Waals surface area contributed by atoms with E-state index in [1.807, 2.05) is 24.0 Å². The average Bonchev–Trinajstić information content (AvgIpc) is 3.32. The molecule has 3 fully saturated rings. The largest absolute Gasteiger partial charge is 0.372 e. The molecular weight excluding hydrogens is 374 g/mol. The smallest absolute Gasteiger partial charge is 0.254 e. The molecule has 1 unspecified atom stereocenters. The third kappa shape index (κ3) is 3.99. The van der Waals surface area contributed by atoms with Gasteiger partial charge in [-0.25, -0.2) is 0 Å². The first-order valence-corrected chi connectivity index (χ1v) is 11.6. The number of piperidine rings is 1. The predicted octanol–water partition coefficient (Wildman–Crippen LogP) is 4.14. The molecule has 1 saturated carbocycles. The second-order valence-electron chi connectivity index (χ2n) is 9.32. The van der Waals surface area contributed by atoms with Crippen LogP contribution >= 0.6 is 0 Å². The van der Waals surface area contributed by atoms with Gasteiger partial charge in [0.05, 0.1) is 11.6 Å².